The number of hydrogen-bond donors (Lipinski definition) is 2. The Hall–Kier alpha value is -1.00. The van der Waals surface area contributed by atoms with Crippen LogP contribution in [0.5, 0.6) is 0 Å². The van der Waals surface area contributed by atoms with E-state index in [1.807, 2.05) is 18.2 Å². The van der Waals surface area contributed by atoms with Gasteiger partial charge < -0.3 is 10.4 Å². The summed E-state index contributed by atoms with van der Waals surface area (Å²) in [5, 5.41) is 12.0. The van der Waals surface area contributed by atoms with Gasteiger partial charge in [-0.25, -0.2) is 0 Å². The first-order valence-electron chi connectivity index (χ1n) is 7.15. The van der Waals surface area contributed by atoms with E-state index in [0.717, 1.165) is 12.2 Å². The van der Waals surface area contributed by atoms with Gasteiger partial charge in [-0.05, 0) is 30.1 Å². The summed E-state index contributed by atoms with van der Waals surface area (Å²) in [5.41, 5.74) is 1.31. The number of nitrogens with one attached hydrogen (secondary N) is 1. The molecule has 0 aliphatic heterocycles. The molecule has 0 radical (unpaired) electrons. The van der Waals surface area contributed by atoms with Crippen molar-refractivity contribution in [1.82, 2.24) is 5.32 Å². The first-order valence-corrected chi connectivity index (χ1v) is 8.31. The summed E-state index contributed by atoms with van der Waals surface area (Å²) < 4.78 is 0. The Morgan fingerprint density at radius 2 is 2.00 bits per heavy atom. The molecule has 20 heavy (non-hydrogen) atoms. The van der Waals surface area contributed by atoms with Crippen LogP contribution in [-0.2, 0) is 11.2 Å². The molecule has 0 aromatic heterocycles. The van der Waals surface area contributed by atoms with Crippen LogP contribution in [0.25, 0.3) is 0 Å². The number of thioether (sulfide) groups is 1. The number of rotatable bonds is 9. The van der Waals surface area contributed by atoms with E-state index in [4.69, 9.17) is 5.11 Å². The molecule has 0 spiro atoms. The number of carbonyl (C=O) groups excluding carboxylic acids is 1. The molecule has 0 aliphatic rings. The number of amides is 1. The van der Waals surface area contributed by atoms with Crippen LogP contribution in [0.15, 0.2) is 30.3 Å². The molecule has 0 aliphatic carbocycles. The second kappa shape index (κ2) is 9.83. The molecule has 112 valence electrons. The van der Waals surface area contributed by atoms with Crippen LogP contribution in [0.4, 0.5) is 0 Å². The van der Waals surface area contributed by atoms with Crippen LogP contribution in [0.2, 0.25) is 0 Å². The van der Waals surface area contributed by atoms with E-state index in [2.05, 4.69) is 31.3 Å². The van der Waals surface area contributed by atoms with Gasteiger partial charge in [-0.3, -0.25) is 4.79 Å². The summed E-state index contributed by atoms with van der Waals surface area (Å²) in [4.78, 5) is 11.8. The normalized spacial score (nSPS) is 12.4. The molecule has 1 aromatic carbocycles. The van der Waals surface area contributed by atoms with Crippen molar-refractivity contribution in [2.24, 2.45) is 5.92 Å². The molecular weight excluding hydrogens is 270 g/mol. The van der Waals surface area contributed by atoms with Crippen molar-refractivity contribution in [1.29, 1.82) is 0 Å². The van der Waals surface area contributed by atoms with Gasteiger partial charge in [-0.1, -0.05) is 44.2 Å². The van der Waals surface area contributed by atoms with Gasteiger partial charge in [-0.2, -0.15) is 11.8 Å². The topological polar surface area (TPSA) is 49.3 Å². The minimum atomic E-state index is 0.0650. The van der Waals surface area contributed by atoms with Crippen molar-refractivity contribution in [2.75, 3.05) is 18.1 Å². The van der Waals surface area contributed by atoms with E-state index >= 15 is 0 Å². The minimum Gasteiger partial charge on any atom is -0.396 e. The Bertz CT molecular complexity index is 381. The highest BCUT2D eigenvalue weighted by atomic mass is 32.2. The summed E-state index contributed by atoms with van der Waals surface area (Å²) in [6.45, 7) is 4.23. The average molecular weight is 295 g/mol. The Morgan fingerprint density at radius 1 is 1.30 bits per heavy atom. The average Bonchev–Trinajstić information content (AvgIpc) is 2.44. The lowest BCUT2D eigenvalue weighted by Crippen LogP contribution is -2.40. The summed E-state index contributed by atoms with van der Waals surface area (Å²) in [7, 11) is 0. The third kappa shape index (κ3) is 6.96. The van der Waals surface area contributed by atoms with E-state index in [1.165, 1.54) is 5.56 Å². The molecule has 1 atom stereocenters. The van der Waals surface area contributed by atoms with Crippen LogP contribution >= 0.6 is 11.8 Å². The summed E-state index contributed by atoms with van der Waals surface area (Å²) in [6, 6.07) is 10.4. The number of aliphatic hydroxyl groups excluding tert-OH is 1. The van der Waals surface area contributed by atoms with Gasteiger partial charge in [-0.15, -0.1) is 0 Å². The smallest absolute Gasteiger partial charge is 0.230 e. The quantitative estimate of drug-likeness (QED) is 0.688. The van der Waals surface area contributed by atoms with Crippen molar-refractivity contribution in [2.45, 2.75) is 32.7 Å². The van der Waals surface area contributed by atoms with Gasteiger partial charge in [0.15, 0.2) is 0 Å². The Balaban J connectivity index is 2.19. The van der Waals surface area contributed by atoms with Crippen molar-refractivity contribution >= 4 is 17.7 Å². The zero-order valence-electron chi connectivity index (χ0n) is 12.3. The fourth-order valence-corrected chi connectivity index (χ4v) is 2.75. The van der Waals surface area contributed by atoms with Crippen LogP contribution in [0.1, 0.15) is 25.8 Å². The highest BCUT2D eigenvalue weighted by molar-refractivity contribution is 7.99. The van der Waals surface area contributed by atoms with Crippen LogP contribution in [0, 0.1) is 5.92 Å². The molecule has 3 nitrogen and oxygen atoms in total. The lowest BCUT2D eigenvalue weighted by Gasteiger charge is -2.21. The Kier molecular flexibility index (Phi) is 8.38. The van der Waals surface area contributed by atoms with Crippen LogP contribution < -0.4 is 5.32 Å². The fraction of sp³-hybridized carbons (Fsp3) is 0.562. The second-order valence-corrected chi connectivity index (χ2v) is 6.32. The maximum atomic E-state index is 11.8. The SMILES string of the molecule is CC(C)C(CCO)NC(=O)CSCCc1ccccc1. The van der Waals surface area contributed by atoms with Crippen molar-refractivity contribution in [3.8, 4) is 0 Å². The molecule has 0 saturated carbocycles. The molecule has 0 bridgehead atoms. The lowest BCUT2D eigenvalue weighted by atomic mass is 10.0. The van der Waals surface area contributed by atoms with Gasteiger partial charge >= 0.3 is 0 Å². The van der Waals surface area contributed by atoms with Gasteiger partial charge in [0, 0.05) is 12.6 Å². The molecule has 2 N–H and O–H groups in total. The lowest BCUT2D eigenvalue weighted by molar-refractivity contribution is -0.119. The third-order valence-corrected chi connectivity index (χ3v) is 4.16. The van der Waals surface area contributed by atoms with Gasteiger partial charge in [0.1, 0.15) is 0 Å². The molecule has 0 heterocycles. The molecule has 0 fully saturated rings. The predicted octanol–water partition coefficient (Wildman–Crippen LogP) is 2.49. The highest BCUT2D eigenvalue weighted by Gasteiger charge is 2.15. The van der Waals surface area contributed by atoms with Gasteiger partial charge in [0.05, 0.1) is 5.75 Å². The zero-order valence-corrected chi connectivity index (χ0v) is 13.2. The molecular formula is C16H25NO2S. The number of hydrogen-bond acceptors (Lipinski definition) is 3. The maximum Gasteiger partial charge on any atom is 0.230 e. The van der Waals surface area contributed by atoms with Crippen LogP contribution in [-0.4, -0.2) is 35.2 Å². The second-order valence-electron chi connectivity index (χ2n) is 5.22. The Labute approximate surface area is 126 Å². The molecule has 0 saturated heterocycles. The fourth-order valence-electron chi connectivity index (χ4n) is 1.96. The number of aliphatic hydroxyl groups is 1. The monoisotopic (exact) mass is 295 g/mol. The zero-order chi connectivity index (χ0) is 14.8. The predicted molar refractivity (Wildman–Crippen MR) is 85.9 cm³/mol. The van der Waals surface area contributed by atoms with Gasteiger partial charge in [0.25, 0.3) is 0 Å². The van der Waals surface area contributed by atoms with E-state index < -0.39 is 0 Å². The molecule has 1 rings (SSSR count). The van der Waals surface area contributed by atoms with Crippen molar-refractivity contribution in [3.05, 3.63) is 35.9 Å². The third-order valence-electron chi connectivity index (χ3n) is 3.20. The summed E-state index contributed by atoms with van der Waals surface area (Å²) in [5.74, 6) is 1.85. The standard InChI is InChI=1S/C16H25NO2S/c1-13(2)15(8-10-18)17-16(19)12-20-11-9-14-6-4-3-5-7-14/h3-7,13,15,18H,8-12H2,1-2H3,(H,17,19). The van der Waals surface area contributed by atoms with Crippen molar-refractivity contribution < 1.29 is 9.90 Å². The number of carbonyl (C=O) groups is 1. The van der Waals surface area contributed by atoms with E-state index in [1.54, 1.807) is 11.8 Å². The molecule has 1 aromatic rings. The summed E-state index contributed by atoms with van der Waals surface area (Å²) in [6.07, 6.45) is 1.61. The largest absolute Gasteiger partial charge is 0.396 e. The number of aryl methyl sites for hydroxylation is 1. The molecule has 4 heteroatoms. The number of benzene rings is 1. The van der Waals surface area contributed by atoms with E-state index in [0.29, 0.717) is 18.1 Å². The van der Waals surface area contributed by atoms with E-state index in [-0.39, 0.29) is 18.6 Å². The van der Waals surface area contributed by atoms with E-state index in [9.17, 15) is 4.79 Å². The van der Waals surface area contributed by atoms with Crippen LogP contribution in [0.3, 0.4) is 0 Å². The molecule has 1 unspecified atom stereocenters. The maximum absolute atomic E-state index is 11.8. The first-order chi connectivity index (χ1) is 9.63. The molecule has 1 amide bonds. The van der Waals surface area contributed by atoms with Crippen molar-refractivity contribution in [3.63, 3.8) is 0 Å². The first kappa shape index (κ1) is 17.1. The Morgan fingerprint density at radius 3 is 2.60 bits per heavy atom. The highest BCUT2D eigenvalue weighted by Crippen LogP contribution is 2.09. The summed E-state index contributed by atoms with van der Waals surface area (Å²) >= 11 is 1.65. The van der Waals surface area contributed by atoms with Gasteiger partial charge in [0.2, 0.25) is 5.91 Å². The minimum absolute atomic E-state index is 0.0650.